The molecule has 8 nitrogen and oxygen atoms in total. The number of nitrogens with zero attached hydrogens (tertiary/aromatic N) is 1. The van der Waals surface area contributed by atoms with E-state index in [0.717, 1.165) is 12.8 Å². The zero-order valence-corrected chi connectivity index (χ0v) is 19.1. The summed E-state index contributed by atoms with van der Waals surface area (Å²) in [5, 5.41) is 12.0. The number of nitriles is 1. The van der Waals surface area contributed by atoms with Crippen LogP contribution in [0, 0.1) is 11.3 Å². The fourth-order valence-electron chi connectivity index (χ4n) is 2.78. The third kappa shape index (κ3) is 7.89. The van der Waals surface area contributed by atoms with Crippen molar-refractivity contribution in [2.24, 2.45) is 0 Å². The highest BCUT2D eigenvalue weighted by Gasteiger charge is 2.14. The van der Waals surface area contributed by atoms with Crippen LogP contribution in [-0.4, -0.2) is 38.7 Å². The van der Waals surface area contributed by atoms with E-state index in [1.54, 1.807) is 30.3 Å². The van der Waals surface area contributed by atoms with Gasteiger partial charge in [-0.1, -0.05) is 31.5 Å². The first-order chi connectivity index (χ1) is 16.0. The number of esters is 1. The Bertz CT molecular complexity index is 1030. The number of hydrogen-bond acceptors (Lipinski definition) is 7. The molecule has 0 atom stereocenters. The van der Waals surface area contributed by atoms with Crippen molar-refractivity contribution in [3.63, 3.8) is 0 Å². The van der Waals surface area contributed by atoms with E-state index in [1.165, 1.54) is 19.3 Å². The van der Waals surface area contributed by atoms with Gasteiger partial charge in [0.25, 0.3) is 5.91 Å². The van der Waals surface area contributed by atoms with E-state index < -0.39 is 11.9 Å². The number of benzene rings is 2. The number of para-hydroxylation sites is 2. The van der Waals surface area contributed by atoms with Gasteiger partial charge in [0, 0.05) is 6.54 Å². The Morgan fingerprint density at radius 2 is 1.76 bits per heavy atom. The lowest BCUT2D eigenvalue weighted by molar-refractivity contribution is -0.136. The largest absolute Gasteiger partial charge is 0.493 e. The van der Waals surface area contributed by atoms with Crippen LogP contribution < -0.4 is 24.3 Å². The van der Waals surface area contributed by atoms with Gasteiger partial charge in [-0.05, 0) is 49.2 Å². The van der Waals surface area contributed by atoms with E-state index in [1.807, 2.05) is 26.0 Å². The second-order valence-corrected chi connectivity index (χ2v) is 6.83. The summed E-state index contributed by atoms with van der Waals surface area (Å²) in [7, 11) is 1.43. The van der Waals surface area contributed by atoms with Gasteiger partial charge in [0.1, 0.15) is 11.6 Å². The molecule has 0 heterocycles. The van der Waals surface area contributed by atoms with E-state index >= 15 is 0 Å². The highest BCUT2D eigenvalue weighted by Crippen LogP contribution is 2.30. The van der Waals surface area contributed by atoms with E-state index in [-0.39, 0.29) is 23.7 Å². The molecule has 0 aliphatic heterocycles. The molecule has 0 aliphatic rings. The van der Waals surface area contributed by atoms with Gasteiger partial charge in [-0.15, -0.1) is 0 Å². The van der Waals surface area contributed by atoms with Gasteiger partial charge in [-0.2, -0.15) is 5.26 Å². The molecule has 174 valence electrons. The van der Waals surface area contributed by atoms with Crippen LogP contribution in [0.5, 0.6) is 23.0 Å². The van der Waals surface area contributed by atoms with Crippen molar-refractivity contribution in [2.75, 3.05) is 26.9 Å². The predicted molar refractivity (Wildman–Crippen MR) is 123 cm³/mol. The summed E-state index contributed by atoms with van der Waals surface area (Å²) in [6.07, 6.45) is 3.22. The first kappa shape index (κ1) is 25.3. The Labute approximate surface area is 193 Å². The smallest absolute Gasteiger partial charge is 0.349 e. The number of unbranched alkanes of at least 4 members (excludes halogenated alkanes) is 1. The molecule has 0 bridgehead atoms. The predicted octanol–water partition coefficient (Wildman–Crippen LogP) is 3.90. The van der Waals surface area contributed by atoms with Gasteiger partial charge in [0.15, 0.2) is 29.6 Å². The molecule has 1 amide bonds. The third-order valence-corrected chi connectivity index (χ3v) is 4.40. The summed E-state index contributed by atoms with van der Waals surface area (Å²) < 4.78 is 21.7. The van der Waals surface area contributed by atoms with Crippen molar-refractivity contribution in [1.82, 2.24) is 5.32 Å². The summed E-state index contributed by atoms with van der Waals surface area (Å²) in [5.74, 6) is 0.363. The standard InChI is InChI=1S/C25H28N2O6/c1-4-6-13-27-25(29)19(16-26)14-18-11-12-22(23(15-18)30-3)33-24(28)17-32-21-10-8-7-9-20(21)31-5-2/h7-12,14-15H,4-6,13,17H2,1-3H3,(H,27,29)/b19-14+. The minimum atomic E-state index is -0.629. The summed E-state index contributed by atoms with van der Waals surface area (Å²) in [6, 6.07) is 13.7. The van der Waals surface area contributed by atoms with Crippen LogP contribution in [0.15, 0.2) is 48.0 Å². The van der Waals surface area contributed by atoms with Crippen LogP contribution >= 0.6 is 0 Å². The molecule has 0 aromatic heterocycles. The fourth-order valence-corrected chi connectivity index (χ4v) is 2.78. The summed E-state index contributed by atoms with van der Waals surface area (Å²) >= 11 is 0. The maximum Gasteiger partial charge on any atom is 0.349 e. The Balaban J connectivity index is 2.06. The quantitative estimate of drug-likeness (QED) is 0.171. The molecule has 2 rings (SSSR count). The summed E-state index contributed by atoms with van der Waals surface area (Å²) in [6.45, 7) is 4.51. The average molecular weight is 453 g/mol. The van der Waals surface area contributed by atoms with Crippen molar-refractivity contribution in [2.45, 2.75) is 26.7 Å². The minimum Gasteiger partial charge on any atom is -0.493 e. The van der Waals surface area contributed by atoms with Crippen LogP contribution in [0.1, 0.15) is 32.3 Å². The average Bonchev–Trinajstić information content (AvgIpc) is 2.83. The fraction of sp³-hybridized carbons (Fsp3) is 0.320. The van der Waals surface area contributed by atoms with Gasteiger partial charge in [-0.3, -0.25) is 4.79 Å². The topological polar surface area (TPSA) is 107 Å². The number of hydrogen-bond donors (Lipinski definition) is 1. The van der Waals surface area contributed by atoms with E-state index in [4.69, 9.17) is 18.9 Å². The van der Waals surface area contributed by atoms with Crippen LogP contribution in [0.2, 0.25) is 0 Å². The van der Waals surface area contributed by atoms with Crippen molar-refractivity contribution < 1.29 is 28.5 Å². The number of methoxy groups -OCH3 is 1. The minimum absolute atomic E-state index is 0.0285. The molecular formula is C25H28N2O6. The third-order valence-electron chi connectivity index (χ3n) is 4.40. The number of carbonyl (C=O) groups is 2. The lowest BCUT2D eigenvalue weighted by atomic mass is 10.1. The molecule has 33 heavy (non-hydrogen) atoms. The molecular weight excluding hydrogens is 424 g/mol. The van der Waals surface area contributed by atoms with E-state index in [0.29, 0.717) is 30.2 Å². The zero-order chi connectivity index (χ0) is 24.1. The molecule has 0 radical (unpaired) electrons. The second-order valence-electron chi connectivity index (χ2n) is 6.83. The van der Waals surface area contributed by atoms with Crippen LogP contribution in [0.25, 0.3) is 6.08 Å². The second kappa shape index (κ2) is 13.4. The number of ether oxygens (including phenoxy) is 4. The summed E-state index contributed by atoms with van der Waals surface area (Å²) in [5.41, 5.74) is 0.523. The monoisotopic (exact) mass is 452 g/mol. The Hall–Kier alpha value is -3.99. The molecule has 8 heteroatoms. The van der Waals surface area contributed by atoms with Gasteiger partial charge in [0.2, 0.25) is 0 Å². The molecule has 0 unspecified atom stereocenters. The molecule has 0 spiro atoms. The van der Waals surface area contributed by atoms with Crippen molar-refractivity contribution in [3.8, 4) is 29.1 Å². The number of amides is 1. The van der Waals surface area contributed by atoms with Gasteiger partial charge in [-0.25, -0.2) is 4.79 Å². The highest BCUT2D eigenvalue weighted by atomic mass is 16.6. The first-order valence-corrected chi connectivity index (χ1v) is 10.7. The molecule has 2 aromatic rings. The molecule has 1 N–H and O–H groups in total. The van der Waals surface area contributed by atoms with Gasteiger partial charge < -0.3 is 24.3 Å². The van der Waals surface area contributed by atoms with E-state index in [9.17, 15) is 14.9 Å². The molecule has 0 fully saturated rings. The Morgan fingerprint density at radius 1 is 1.03 bits per heavy atom. The maximum atomic E-state index is 12.3. The van der Waals surface area contributed by atoms with Crippen LogP contribution in [-0.2, 0) is 9.59 Å². The van der Waals surface area contributed by atoms with Gasteiger partial charge >= 0.3 is 5.97 Å². The van der Waals surface area contributed by atoms with Crippen molar-refractivity contribution in [1.29, 1.82) is 5.26 Å². The van der Waals surface area contributed by atoms with Crippen LogP contribution in [0.3, 0.4) is 0 Å². The molecule has 0 saturated heterocycles. The normalized spacial score (nSPS) is 10.7. The lowest BCUT2D eigenvalue weighted by Crippen LogP contribution is -2.25. The Kier molecular flexibility index (Phi) is 10.3. The molecule has 0 aliphatic carbocycles. The SMILES string of the molecule is CCCCNC(=O)/C(C#N)=C/c1ccc(OC(=O)COc2ccccc2OCC)c(OC)c1. The number of carbonyl (C=O) groups excluding carboxylic acids is 2. The maximum absolute atomic E-state index is 12.3. The van der Waals surface area contributed by atoms with Crippen LogP contribution in [0.4, 0.5) is 0 Å². The Morgan fingerprint density at radius 3 is 2.39 bits per heavy atom. The zero-order valence-electron chi connectivity index (χ0n) is 19.1. The number of rotatable bonds is 12. The molecule has 2 aromatic carbocycles. The molecule has 0 saturated carbocycles. The van der Waals surface area contributed by atoms with Crippen molar-refractivity contribution in [3.05, 3.63) is 53.6 Å². The van der Waals surface area contributed by atoms with Crippen molar-refractivity contribution >= 4 is 18.0 Å². The lowest BCUT2D eigenvalue weighted by Gasteiger charge is -2.12. The summed E-state index contributed by atoms with van der Waals surface area (Å²) in [4.78, 5) is 24.4. The first-order valence-electron chi connectivity index (χ1n) is 10.7. The number of nitrogens with one attached hydrogen (secondary N) is 1. The van der Waals surface area contributed by atoms with E-state index in [2.05, 4.69) is 5.32 Å². The highest BCUT2D eigenvalue weighted by molar-refractivity contribution is 6.01. The van der Waals surface area contributed by atoms with Gasteiger partial charge in [0.05, 0.1) is 13.7 Å².